The maximum atomic E-state index is 12.9. The fraction of sp³-hybridized carbons (Fsp3) is 0.455. The number of rotatable bonds is 10. The SMILES string of the molecule is CCN(CC)C(=O)Cc1csc(NC(=O)CN(C(=O)c2ccc(OC)cc2)C2CC2)n1. The summed E-state index contributed by atoms with van der Waals surface area (Å²) in [6.45, 7) is 5.15. The van der Waals surface area contributed by atoms with Gasteiger partial charge in [0.2, 0.25) is 11.8 Å². The second-order valence-corrected chi connectivity index (χ2v) is 8.19. The predicted molar refractivity (Wildman–Crippen MR) is 119 cm³/mol. The molecular weight excluding hydrogens is 416 g/mol. The molecule has 8 nitrogen and oxygen atoms in total. The molecule has 3 rings (SSSR count). The van der Waals surface area contributed by atoms with E-state index in [9.17, 15) is 14.4 Å². The van der Waals surface area contributed by atoms with E-state index >= 15 is 0 Å². The molecule has 1 saturated carbocycles. The maximum absolute atomic E-state index is 12.9. The first-order valence-electron chi connectivity index (χ1n) is 10.4. The molecule has 1 fully saturated rings. The van der Waals surface area contributed by atoms with Crippen LogP contribution >= 0.6 is 11.3 Å². The van der Waals surface area contributed by atoms with Crippen LogP contribution in [0.1, 0.15) is 42.7 Å². The summed E-state index contributed by atoms with van der Waals surface area (Å²) >= 11 is 1.28. The van der Waals surface area contributed by atoms with Gasteiger partial charge in [0, 0.05) is 30.1 Å². The van der Waals surface area contributed by atoms with Crippen LogP contribution in [0, 0.1) is 0 Å². The minimum atomic E-state index is -0.301. The van der Waals surface area contributed by atoms with Gasteiger partial charge < -0.3 is 19.9 Å². The Hall–Kier alpha value is -2.94. The normalized spacial score (nSPS) is 12.9. The molecule has 166 valence electrons. The Kier molecular flexibility index (Phi) is 7.62. The number of aromatic nitrogens is 1. The van der Waals surface area contributed by atoms with Crippen molar-refractivity contribution in [2.45, 2.75) is 39.2 Å². The predicted octanol–water partition coefficient (Wildman–Crippen LogP) is 2.81. The van der Waals surface area contributed by atoms with Crippen LogP contribution in [0.15, 0.2) is 29.6 Å². The number of carbonyl (C=O) groups is 3. The molecule has 0 spiro atoms. The zero-order valence-corrected chi connectivity index (χ0v) is 18.9. The smallest absolute Gasteiger partial charge is 0.254 e. The molecule has 0 aliphatic heterocycles. The summed E-state index contributed by atoms with van der Waals surface area (Å²) in [5, 5.41) is 4.97. The number of carbonyl (C=O) groups excluding carboxylic acids is 3. The number of nitrogens with zero attached hydrogens (tertiary/aromatic N) is 3. The number of methoxy groups -OCH3 is 1. The van der Waals surface area contributed by atoms with Gasteiger partial charge in [0.1, 0.15) is 12.3 Å². The summed E-state index contributed by atoms with van der Waals surface area (Å²) in [7, 11) is 1.57. The molecule has 2 aromatic rings. The Labute approximate surface area is 186 Å². The highest BCUT2D eigenvalue weighted by Crippen LogP contribution is 2.28. The van der Waals surface area contributed by atoms with Crippen molar-refractivity contribution >= 4 is 34.2 Å². The van der Waals surface area contributed by atoms with E-state index < -0.39 is 0 Å². The molecule has 1 N–H and O–H groups in total. The molecule has 0 saturated heterocycles. The van der Waals surface area contributed by atoms with Crippen molar-refractivity contribution in [1.29, 1.82) is 0 Å². The zero-order chi connectivity index (χ0) is 22.4. The first-order valence-corrected chi connectivity index (χ1v) is 11.3. The van der Waals surface area contributed by atoms with Crippen LogP contribution in [0.2, 0.25) is 0 Å². The third-order valence-corrected chi connectivity index (χ3v) is 5.95. The maximum Gasteiger partial charge on any atom is 0.254 e. The summed E-state index contributed by atoms with van der Waals surface area (Å²) in [6.07, 6.45) is 1.99. The highest BCUT2D eigenvalue weighted by atomic mass is 32.1. The van der Waals surface area contributed by atoms with Gasteiger partial charge in [0.05, 0.1) is 19.2 Å². The molecule has 0 radical (unpaired) electrons. The Morgan fingerprint density at radius 1 is 1.16 bits per heavy atom. The highest BCUT2D eigenvalue weighted by Gasteiger charge is 2.34. The number of hydrogen-bond acceptors (Lipinski definition) is 6. The summed E-state index contributed by atoms with van der Waals surface area (Å²) in [4.78, 5) is 45.4. The van der Waals surface area contributed by atoms with E-state index in [1.165, 1.54) is 11.3 Å². The van der Waals surface area contributed by atoms with Crippen LogP contribution in [0.5, 0.6) is 5.75 Å². The summed E-state index contributed by atoms with van der Waals surface area (Å²) < 4.78 is 5.13. The first-order chi connectivity index (χ1) is 14.9. The van der Waals surface area contributed by atoms with Crippen molar-refractivity contribution < 1.29 is 19.1 Å². The minimum absolute atomic E-state index is 0.0122. The second-order valence-electron chi connectivity index (χ2n) is 7.33. The molecule has 3 amide bonds. The summed E-state index contributed by atoms with van der Waals surface area (Å²) in [5.41, 5.74) is 1.15. The van der Waals surface area contributed by atoms with Gasteiger partial charge in [-0.3, -0.25) is 14.4 Å². The van der Waals surface area contributed by atoms with Crippen LogP contribution in [0.25, 0.3) is 0 Å². The Morgan fingerprint density at radius 3 is 2.42 bits per heavy atom. The topological polar surface area (TPSA) is 91.8 Å². The molecule has 1 aromatic heterocycles. The largest absolute Gasteiger partial charge is 0.497 e. The summed E-state index contributed by atoms with van der Waals surface area (Å²) in [6, 6.07) is 6.95. The van der Waals surface area contributed by atoms with Crippen LogP contribution in [0.3, 0.4) is 0 Å². The molecule has 1 aliphatic carbocycles. The third kappa shape index (κ3) is 6.04. The van der Waals surface area contributed by atoms with E-state index in [-0.39, 0.29) is 36.7 Å². The number of amides is 3. The average Bonchev–Trinajstić information content (AvgIpc) is 3.53. The number of thiazole rings is 1. The molecule has 0 unspecified atom stereocenters. The molecule has 31 heavy (non-hydrogen) atoms. The van der Waals surface area contributed by atoms with Crippen LogP contribution in [-0.2, 0) is 16.0 Å². The zero-order valence-electron chi connectivity index (χ0n) is 18.1. The van der Waals surface area contributed by atoms with Gasteiger partial charge in [0.25, 0.3) is 5.91 Å². The lowest BCUT2D eigenvalue weighted by atomic mass is 10.2. The third-order valence-electron chi connectivity index (χ3n) is 5.15. The fourth-order valence-corrected chi connectivity index (χ4v) is 3.98. The first kappa shape index (κ1) is 22.7. The van der Waals surface area contributed by atoms with E-state index in [0.29, 0.717) is 35.2 Å². The van der Waals surface area contributed by atoms with Crippen LogP contribution in [-0.4, -0.2) is 65.3 Å². The van der Waals surface area contributed by atoms with E-state index in [4.69, 9.17) is 4.74 Å². The van der Waals surface area contributed by atoms with Crippen LogP contribution in [0.4, 0.5) is 5.13 Å². The van der Waals surface area contributed by atoms with Crippen molar-refractivity contribution in [2.75, 3.05) is 32.1 Å². The number of nitrogens with one attached hydrogen (secondary N) is 1. The molecule has 1 heterocycles. The number of anilines is 1. The molecule has 0 bridgehead atoms. The quantitative estimate of drug-likeness (QED) is 0.608. The Morgan fingerprint density at radius 2 is 1.84 bits per heavy atom. The lowest BCUT2D eigenvalue weighted by molar-refractivity contribution is -0.130. The standard InChI is InChI=1S/C22H28N4O4S/c1-4-25(5-2)20(28)12-16-14-31-22(23-16)24-19(27)13-26(17-8-9-17)21(29)15-6-10-18(30-3)11-7-15/h6-7,10-11,14,17H,4-5,8-9,12-13H2,1-3H3,(H,23,24,27). The number of likely N-dealkylation sites (N-methyl/N-ethyl adjacent to an activating group) is 1. The lowest BCUT2D eigenvalue weighted by Crippen LogP contribution is -2.39. The van der Waals surface area contributed by atoms with Crippen molar-refractivity contribution in [3.63, 3.8) is 0 Å². The van der Waals surface area contributed by atoms with E-state index in [2.05, 4.69) is 10.3 Å². The van der Waals surface area contributed by atoms with E-state index in [0.717, 1.165) is 12.8 Å². The number of benzene rings is 1. The van der Waals surface area contributed by atoms with E-state index in [1.54, 1.807) is 46.6 Å². The van der Waals surface area contributed by atoms with Gasteiger partial charge in [-0.2, -0.15) is 0 Å². The van der Waals surface area contributed by atoms with Gasteiger partial charge in [-0.25, -0.2) is 4.98 Å². The molecular formula is C22H28N4O4S. The van der Waals surface area contributed by atoms with Crippen LogP contribution < -0.4 is 10.1 Å². The fourth-order valence-electron chi connectivity index (χ4n) is 3.25. The van der Waals surface area contributed by atoms with Gasteiger partial charge in [-0.15, -0.1) is 11.3 Å². The Balaban J connectivity index is 1.59. The minimum Gasteiger partial charge on any atom is -0.497 e. The van der Waals surface area contributed by atoms with Crippen molar-refractivity contribution in [3.05, 3.63) is 40.9 Å². The molecule has 9 heteroatoms. The lowest BCUT2D eigenvalue weighted by Gasteiger charge is -2.21. The molecule has 1 aliphatic rings. The molecule has 1 aromatic carbocycles. The summed E-state index contributed by atoms with van der Waals surface area (Å²) in [5.74, 6) is 0.208. The van der Waals surface area contributed by atoms with Gasteiger partial charge in [-0.1, -0.05) is 0 Å². The Bertz CT molecular complexity index is 920. The van der Waals surface area contributed by atoms with Crippen molar-refractivity contribution in [3.8, 4) is 5.75 Å². The van der Waals surface area contributed by atoms with Gasteiger partial charge >= 0.3 is 0 Å². The highest BCUT2D eigenvalue weighted by molar-refractivity contribution is 7.13. The van der Waals surface area contributed by atoms with E-state index in [1.807, 2.05) is 13.8 Å². The van der Waals surface area contributed by atoms with Gasteiger partial charge in [-0.05, 0) is 51.0 Å². The molecule has 0 atom stereocenters. The van der Waals surface area contributed by atoms with Crippen molar-refractivity contribution in [2.24, 2.45) is 0 Å². The average molecular weight is 445 g/mol. The number of hydrogen-bond donors (Lipinski definition) is 1. The van der Waals surface area contributed by atoms with Crippen molar-refractivity contribution in [1.82, 2.24) is 14.8 Å². The monoisotopic (exact) mass is 444 g/mol. The number of ether oxygens (including phenoxy) is 1. The second kappa shape index (κ2) is 10.4. The van der Waals surface area contributed by atoms with Gasteiger partial charge in [0.15, 0.2) is 5.13 Å².